The minimum atomic E-state index is -0.0354. The van der Waals surface area contributed by atoms with E-state index in [0.717, 1.165) is 22.6 Å². The lowest BCUT2D eigenvalue weighted by Crippen LogP contribution is -3.00. The van der Waals surface area contributed by atoms with Gasteiger partial charge in [0.2, 0.25) is 0 Å². The number of halogens is 2. The van der Waals surface area contributed by atoms with Gasteiger partial charge in [0.05, 0.1) is 25.0 Å². The molecule has 0 aliphatic heterocycles. The minimum Gasteiger partial charge on any atom is -1.00 e. The van der Waals surface area contributed by atoms with E-state index in [-0.39, 0.29) is 39.4 Å². The zero-order chi connectivity index (χ0) is 19.4. The first kappa shape index (κ1) is 26.1. The average molecular weight is 558 g/mol. The highest BCUT2D eigenvalue weighted by Crippen LogP contribution is 2.26. The van der Waals surface area contributed by atoms with Crippen molar-refractivity contribution in [2.45, 2.75) is 11.5 Å². The highest BCUT2D eigenvalue weighted by atomic mass is 79.9. The van der Waals surface area contributed by atoms with E-state index in [1.54, 1.807) is 12.1 Å². The summed E-state index contributed by atoms with van der Waals surface area (Å²) in [6, 6.07) is 19.8. The van der Waals surface area contributed by atoms with Gasteiger partial charge in [0.25, 0.3) is 0 Å². The van der Waals surface area contributed by atoms with Crippen LogP contribution in [0.15, 0.2) is 69.9 Å². The second-order valence-corrected chi connectivity index (χ2v) is 11.7. The van der Waals surface area contributed by atoms with Crippen LogP contribution in [0.5, 0.6) is 0 Å². The van der Waals surface area contributed by atoms with E-state index < -0.39 is 0 Å². The third-order valence-corrected chi connectivity index (χ3v) is 5.98. The molecule has 0 aliphatic carbocycles. The molecular formula is C23H26Br2O2S2. The summed E-state index contributed by atoms with van der Waals surface area (Å²) in [5.74, 6) is 3.38. The third kappa shape index (κ3) is 7.67. The predicted molar refractivity (Wildman–Crippen MR) is 122 cm³/mol. The molecule has 0 aliphatic rings. The van der Waals surface area contributed by atoms with Crippen LogP contribution in [0.2, 0.25) is 0 Å². The van der Waals surface area contributed by atoms with Crippen LogP contribution in [0, 0.1) is 0 Å². The van der Waals surface area contributed by atoms with Crippen LogP contribution >= 0.6 is 0 Å². The molecule has 0 unspecified atom stereocenters. The average Bonchev–Trinajstić information content (AvgIpc) is 2.61. The van der Waals surface area contributed by atoms with Crippen LogP contribution in [0.1, 0.15) is 11.1 Å². The van der Waals surface area contributed by atoms with Crippen molar-refractivity contribution in [2.75, 3.05) is 25.0 Å². The van der Waals surface area contributed by atoms with Crippen LogP contribution < -0.4 is 39.4 Å². The molecule has 1 heterocycles. The molecular weight excluding hydrogens is 532 g/mol. The number of rotatable bonds is 6. The van der Waals surface area contributed by atoms with Gasteiger partial charge in [-0.25, -0.2) is 0 Å². The van der Waals surface area contributed by atoms with Gasteiger partial charge in [-0.1, -0.05) is 48.5 Å². The van der Waals surface area contributed by atoms with Crippen molar-refractivity contribution >= 4 is 21.8 Å². The molecule has 0 saturated heterocycles. The van der Waals surface area contributed by atoms with Gasteiger partial charge >= 0.3 is 0 Å². The van der Waals surface area contributed by atoms with Crippen molar-refractivity contribution in [1.82, 2.24) is 0 Å². The minimum absolute atomic E-state index is 0. The molecule has 0 saturated carbocycles. The highest BCUT2D eigenvalue weighted by molar-refractivity contribution is 7.95. The maximum atomic E-state index is 12.2. The van der Waals surface area contributed by atoms with E-state index in [1.807, 2.05) is 24.3 Å². The maximum absolute atomic E-state index is 12.2. The number of hydrogen-bond donors (Lipinski definition) is 0. The summed E-state index contributed by atoms with van der Waals surface area (Å²) in [5.41, 5.74) is 4.45. The topological polar surface area (TPSA) is 30.2 Å². The summed E-state index contributed by atoms with van der Waals surface area (Å²) in [6.07, 6.45) is 8.96. The molecule has 3 rings (SSSR count). The Morgan fingerprint density at radius 1 is 0.655 bits per heavy atom. The van der Waals surface area contributed by atoms with Crippen molar-refractivity contribution in [3.63, 3.8) is 0 Å². The van der Waals surface area contributed by atoms with Gasteiger partial charge in [0.15, 0.2) is 5.43 Å². The molecule has 29 heavy (non-hydrogen) atoms. The molecule has 1 aromatic heterocycles. The molecule has 6 heteroatoms. The third-order valence-electron chi connectivity index (χ3n) is 4.15. The Hall–Kier alpha value is -0.950. The van der Waals surface area contributed by atoms with E-state index >= 15 is 0 Å². The lowest BCUT2D eigenvalue weighted by molar-refractivity contribution is -0.001000. The Kier molecular flexibility index (Phi) is 10.8. The van der Waals surface area contributed by atoms with E-state index in [9.17, 15) is 4.79 Å². The fraction of sp³-hybridized carbons (Fsp3) is 0.261. The Morgan fingerprint density at radius 3 is 1.31 bits per heavy atom. The van der Waals surface area contributed by atoms with Crippen LogP contribution in [0.25, 0.3) is 22.6 Å². The maximum Gasteiger partial charge on any atom is 0.186 e. The predicted octanol–water partition coefficient (Wildman–Crippen LogP) is -1.26. The monoisotopic (exact) mass is 556 g/mol. The molecule has 0 fully saturated rings. The van der Waals surface area contributed by atoms with Gasteiger partial charge in [0.1, 0.15) is 23.0 Å². The van der Waals surface area contributed by atoms with Gasteiger partial charge in [-0.2, -0.15) is 0 Å². The summed E-state index contributed by atoms with van der Waals surface area (Å²) in [5, 5.41) is 0. The van der Waals surface area contributed by atoms with E-state index in [2.05, 4.69) is 49.3 Å². The lowest BCUT2D eigenvalue weighted by atomic mass is 10.1. The molecule has 0 spiro atoms. The second-order valence-electron chi connectivity index (χ2n) is 7.18. The first-order chi connectivity index (χ1) is 12.9. The van der Waals surface area contributed by atoms with Crippen LogP contribution in [-0.2, 0) is 33.3 Å². The molecule has 2 nitrogen and oxygen atoms in total. The molecule has 2 aromatic carbocycles. The van der Waals surface area contributed by atoms with E-state index in [1.165, 1.54) is 11.1 Å². The van der Waals surface area contributed by atoms with Crippen molar-refractivity contribution in [1.29, 1.82) is 0 Å². The quantitative estimate of drug-likeness (QED) is 0.354. The molecule has 0 bridgehead atoms. The Balaban J connectivity index is 0.00000210. The normalized spacial score (nSPS) is 10.6. The van der Waals surface area contributed by atoms with Crippen LogP contribution in [-0.4, -0.2) is 25.0 Å². The molecule has 156 valence electrons. The number of benzene rings is 2. The summed E-state index contributed by atoms with van der Waals surface area (Å²) < 4.78 is 6.08. The van der Waals surface area contributed by atoms with Crippen LogP contribution in [0.3, 0.4) is 0 Å². The Labute approximate surface area is 200 Å². The number of hydrogen-bond acceptors (Lipinski definition) is 2. The van der Waals surface area contributed by atoms with E-state index in [4.69, 9.17) is 4.42 Å². The first-order valence-electron chi connectivity index (χ1n) is 8.83. The van der Waals surface area contributed by atoms with Gasteiger partial charge in [-0.3, -0.25) is 4.79 Å². The standard InChI is InChI=1S/C23H26O2S2.2BrH/c1-26(2)15-17-5-9-19(10-6-17)22-13-21(24)14-23(25-22)20-11-7-18(8-12-20)16-27(3)4;;/h5-14H,15-16H2,1-4H3;2*1H/q+2;;/p-2. The van der Waals surface area contributed by atoms with Crippen molar-refractivity contribution in [3.8, 4) is 22.6 Å². The van der Waals surface area contributed by atoms with Crippen molar-refractivity contribution in [2.24, 2.45) is 0 Å². The fourth-order valence-corrected chi connectivity index (χ4v) is 4.68. The van der Waals surface area contributed by atoms with Gasteiger partial charge in [0, 0.05) is 34.4 Å². The van der Waals surface area contributed by atoms with Crippen LogP contribution in [0.4, 0.5) is 0 Å². The van der Waals surface area contributed by atoms with Crippen molar-refractivity contribution in [3.05, 3.63) is 82.0 Å². The molecule has 0 amide bonds. The van der Waals surface area contributed by atoms with Gasteiger partial charge in [-0.15, -0.1) is 0 Å². The Bertz CT molecular complexity index is 875. The SMILES string of the molecule is C[S+](C)Cc1ccc(-c2cc(=O)cc(-c3ccc(C[S+](C)C)cc3)o2)cc1.[Br-].[Br-]. The van der Waals surface area contributed by atoms with Gasteiger partial charge in [-0.05, 0) is 21.8 Å². The summed E-state index contributed by atoms with van der Waals surface area (Å²) >= 11 is 0. The zero-order valence-corrected chi connectivity index (χ0v) is 21.9. The summed E-state index contributed by atoms with van der Waals surface area (Å²) in [6.45, 7) is 0. The summed E-state index contributed by atoms with van der Waals surface area (Å²) in [7, 11) is 0.742. The highest BCUT2D eigenvalue weighted by Gasteiger charge is 2.10. The molecule has 0 N–H and O–H groups in total. The largest absolute Gasteiger partial charge is 1.00 e. The lowest BCUT2D eigenvalue weighted by Gasteiger charge is -2.07. The van der Waals surface area contributed by atoms with E-state index in [0.29, 0.717) is 33.3 Å². The first-order valence-corrected chi connectivity index (χ1v) is 13.2. The summed E-state index contributed by atoms with van der Waals surface area (Å²) in [4.78, 5) is 12.2. The molecule has 0 radical (unpaired) electrons. The molecule has 0 atom stereocenters. The zero-order valence-electron chi connectivity index (χ0n) is 17.1. The fourth-order valence-electron chi connectivity index (χ4n) is 2.96. The smallest absolute Gasteiger partial charge is 0.186 e. The van der Waals surface area contributed by atoms with Gasteiger partial charge < -0.3 is 38.4 Å². The Morgan fingerprint density at radius 2 is 1.00 bits per heavy atom. The van der Waals surface area contributed by atoms with Crippen molar-refractivity contribution < 1.29 is 38.4 Å². The second kappa shape index (κ2) is 12.0. The molecule has 3 aromatic rings.